The molecular formula is C10H21IN4O. The largest absolute Gasteiger partial charge is 0.352 e. The maximum atomic E-state index is 11.4. The van der Waals surface area contributed by atoms with E-state index >= 15 is 0 Å². The third-order valence-corrected chi connectivity index (χ3v) is 2.11. The van der Waals surface area contributed by atoms with Gasteiger partial charge in [0.1, 0.15) is 6.54 Å². The monoisotopic (exact) mass is 340 g/mol. The number of hydrogen-bond acceptors (Lipinski definition) is 2. The zero-order valence-corrected chi connectivity index (χ0v) is 12.7. The molecule has 16 heavy (non-hydrogen) atoms. The molecule has 94 valence electrons. The van der Waals surface area contributed by atoms with Gasteiger partial charge in [0, 0.05) is 34.2 Å². The van der Waals surface area contributed by atoms with Crippen LogP contribution in [0.2, 0.25) is 0 Å². The number of hydrogen-bond donors (Lipinski definition) is 1. The maximum Gasteiger partial charge on any atom is 0.242 e. The molecule has 1 saturated carbocycles. The fourth-order valence-corrected chi connectivity index (χ4v) is 1.33. The number of nitrogens with one attached hydrogen (secondary N) is 1. The van der Waals surface area contributed by atoms with Crippen molar-refractivity contribution >= 4 is 35.8 Å². The Morgan fingerprint density at radius 2 is 1.75 bits per heavy atom. The molecular weight excluding hydrogens is 319 g/mol. The highest BCUT2D eigenvalue weighted by Gasteiger charge is 2.22. The van der Waals surface area contributed by atoms with Crippen molar-refractivity contribution < 1.29 is 4.79 Å². The topological polar surface area (TPSA) is 47.9 Å². The summed E-state index contributed by atoms with van der Waals surface area (Å²) in [6.07, 6.45) is 2.23. The summed E-state index contributed by atoms with van der Waals surface area (Å²) in [6.45, 7) is 0.211. The molecule has 0 saturated heterocycles. The third kappa shape index (κ3) is 5.53. The zero-order valence-electron chi connectivity index (χ0n) is 10.4. The quantitative estimate of drug-likeness (QED) is 0.459. The molecule has 1 rings (SSSR count). The highest BCUT2D eigenvalue weighted by atomic mass is 127. The Morgan fingerprint density at radius 3 is 2.12 bits per heavy atom. The van der Waals surface area contributed by atoms with Crippen molar-refractivity contribution in [2.24, 2.45) is 4.99 Å². The average molecular weight is 340 g/mol. The number of halogens is 1. The molecule has 0 spiro atoms. The van der Waals surface area contributed by atoms with Crippen LogP contribution in [0.25, 0.3) is 0 Å². The summed E-state index contributed by atoms with van der Waals surface area (Å²) in [4.78, 5) is 19.4. The van der Waals surface area contributed by atoms with Crippen LogP contribution in [0.4, 0.5) is 0 Å². The van der Waals surface area contributed by atoms with Gasteiger partial charge in [0.15, 0.2) is 5.96 Å². The van der Waals surface area contributed by atoms with E-state index in [1.54, 1.807) is 0 Å². The van der Waals surface area contributed by atoms with E-state index in [0.717, 1.165) is 18.8 Å². The fourth-order valence-electron chi connectivity index (χ4n) is 1.33. The second-order valence-corrected chi connectivity index (χ2v) is 4.25. The molecule has 1 fully saturated rings. The summed E-state index contributed by atoms with van der Waals surface area (Å²) in [5, 5.41) is 2.90. The smallest absolute Gasteiger partial charge is 0.242 e. The number of guanidine groups is 1. The third-order valence-electron chi connectivity index (χ3n) is 2.11. The SMILES string of the molecule is CN(C)C(=NCC(=O)NC1CC1)N(C)C.I. The van der Waals surface area contributed by atoms with Gasteiger partial charge in [-0.15, -0.1) is 24.0 Å². The molecule has 1 aliphatic carbocycles. The van der Waals surface area contributed by atoms with Crippen molar-refractivity contribution in [3.05, 3.63) is 0 Å². The number of carbonyl (C=O) groups excluding carboxylic acids is 1. The molecule has 0 radical (unpaired) electrons. The van der Waals surface area contributed by atoms with Crippen LogP contribution in [0.5, 0.6) is 0 Å². The van der Waals surface area contributed by atoms with Crippen molar-refractivity contribution in [3.8, 4) is 0 Å². The summed E-state index contributed by atoms with van der Waals surface area (Å²) in [5.74, 6) is 0.819. The molecule has 0 aliphatic heterocycles. The number of rotatable bonds is 3. The van der Waals surface area contributed by atoms with Crippen molar-refractivity contribution in [1.29, 1.82) is 0 Å². The minimum absolute atomic E-state index is 0. The lowest BCUT2D eigenvalue weighted by atomic mass is 10.5. The van der Waals surface area contributed by atoms with Gasteiger partial charge in [-0.2, -0.15) is 0 Å². The van der Waals surface area contributed by atoms with Crippen molar-refractivity contribution in [2.45, 2.75) is 18.9 Å². The molecule has 0 aromatic rings. The van der Waals surface area contributed by atoms with Gasteiger partial charge in [0.05, 0.1) is 0 Å². The molecule has 1 N–H and O–H groups in total. The first-order chi connectivity index (χ1) is 7.00. The van der Waals surface area contributed by atoms with E-state index in [1.165, 1.54) is 0 Å². The van der Waals surface area contributed by atoms with Crippen molar-refractivity contribution in [1.82, 2.24) is 15.1 Å². The Morgan fingerprint density at radius 1 is 1.25 bits per heavy atom. The first kappa shape index (κ1) is 15.5. The number of amides is 1. The van der Waals surface area contributed by atoms with Gasteiger partial charge >= 0.3 is 0 Å². The molecule has 0 aromatic carbocycles. The lowest BCUT2D eigenvalue weighted by molar-refractivity contribution is -0.119. The molecule has 5 nitrogen and oxygen atoms in total. The van der Waals surface area contributed by atoms with E-state index in [4.69, 9.17) is 0 Å². The normalized spacial score (nSPS) is 13.5. The summed E-state index contributed by atoms with van der Waals surface area (Å²) in [6, 6.07) is 0.412. The molecule has 0 unspecified atom stereocenters. The number of nitrogens with zero attached hydrogens (tertiary/aromatic N) is 3. The van der Waals surface area contributed by atoms with Crippen LogP contribution in [0.15, 0.2) is 4.99 Å². The number of aliphatic imine (C=N–C) groups is 1. The second kappa shape index (κ2) is 6.93. The van der Waals surface area contributed by atoms with E-state index in [2.05, 4.69) is 10.3 Å². The lowest BCUT2D eigenvalue weighted by Gasteiger charge is -2.22. The number of carbonyl (C=O) groups is 1. The van der Waals surface area contributed by atoms with E-state index in [1.807, 2.05) is 38.0 Å². The fraction of sp³-hybridized carbons (Fsp3) is 0.800. The minimum atomic E-state index is 0. The van der Waals surface area contributed by atoms with E-state index in [0.29, 0.717) is 6.04 Å². The van der Waals surface area contributed by atoms with Gasteiger partial charge in [0.25, 0.3) is 0 Å². The predicted octanol–water partition coefficient (Wildman–Crippen LogP) is 0.362. The highest BCUT2D eigenvalue weighted by Crippen LogP contribution is 2.18. The first-order valence-electron chi connectivity index (χ1n) is 5.19. The van der Waals surface area contributed by atoms with E-state index in [9.17, 15) is 4.79 Å². The van der Waals surface area contributed by atoms with Crippen LogP contribution in [-0.2, 0) is 4.79 Å². The molecule has 1 amide bonds. The van der Waals surface area contributed by atoms with Crippen molar-refractivity contribution in [2.75, 3.05) is 34.7 Å². The van der Waals surface area contributed by atoms with Gasteiger partial charge in [-0.3, -0.25) is 4.79 Å². The summed E-state index contributed by atoms with van der Waals surface area (Å²) in [7, 11) is 7.66. The van der Waals surface area contributed by atoms with Crippen LogP contribution in [-0.4, -0.2) is 62.4 Å². The van der Waals surface area contributed by atoms with E-state index in [-0.39, 0.29) is 36.4 Å². The van der Waals surface area contributed by atoms with Gasteiger partial charge in [-0.05, 0) is 12.8 Å². The Hall–Kier alpha value is -0.530. The Bertz CT molecular complexity index is 252. The summed E-state index contributed by atoms with van der Waals surface area (Å²) in [5.41, 5.74) is 0. The minimum Gasteiger partial charge on any atom is -0.352 e. The summed E-state index contributed by atoms with van der Waals surface area (Å²) >= 11 is 0. The Balaban J connectivity index is 0.00000225. The highest BCUT2D eigenvalue weighted by molar-refractivity contribution is 14.0. The van der Waals surface area contributed by atoms with Crippen LogP contribution < -0.4 is 5.32 Å². The lowest BCUT2D eigenvalue weighted by Crippen LogP contribution is -2.37. The molecule has 0 atom stereocenters. The standard InChI is InChI=1S/C10H20N4O.HI/c1-13(2)10(14(3)4)11-7-9(15)12-8-5-6-8;/h8H,5-7H2,1-4H3,(H,12,15);1H. The van der Waals surface area contributed by atoms with Crippen LogP contribution in [0, 0.1) is 0 Å². The Kier molecular flexibility index (Phi) is 6.70. The molecule has 0 heterocycles. The predicted molar refractivity (Wildman–Crippen MR) is 76.3 cm³/mol. The van der Waals surface area contributed by atoms with Crippen LogP contribution in [0.3, 0.4) is 0 Å². The second-order valence-electron chi connectivity index (χ2n) is 4.25. The Labute approximate surface area is 114 Å². The first-order valence-corrected chi connectivity index (χ1v) is 5.19. The van der Waals surface area contributed by atoms with Crippen LogP contribution in [0.1, 0.15) is 12.8 Å². The van der Waals surface area contributed by atoms with Crippen molar-refractivity contribution in [3.63, 3.8) is 0 Å². The van der Waals surface area contributed by atoms with Gasteiger partial charge in [-0.25, -0.2) is 4.99 Å². The molecule has 6 heteroatoms. The van der Waals surface area contributed by atoms with Gasteiger partial charge in [0.2, 0.25) is 5.91 Å². The zero-order chi connectivity index (χ0) is 11.4. The molecule has 1 aliphatic rings. The van der Waals surface area contributed by atoms with Gasteiger partial charge < -0.3 is 15.1 Å². The molecule has 0 bridgehead atoms. The summed E-state index contributed by atoms with van der Waals surface area (Å²) < 4.78 is 0. The average Bonchev–Trinajstić information content (AvgIpc) is 2.86. The van der Waals surface area contributed by atoms with Gasteiger partial charge in [-0.1, -0.05) is 0 Å². The maximum absolute atomic E-state index is 11.4. The molecule has 0 aromatic heterocycles. The van der Waals surface area contributed by atoms with Crippen LogP contribution >= 0.6 is 24.0 Å². The van der Waals surface area contributed by atoms with E-state index < -0.39 is 0 Å².